The number of rotatable bonds is 5. The Hall–Kier alpha value is -1.63. The van der Waals surface area contributed by atoms with Crippen LogP contribution in [0.3, 0.4) is 0 Å². The van der Waals surface area contributed by atoms with Crippen LogP contribution in [0.5, 0.6) is 0 Å². The molecule has 7 heteroatoms. The monoisotopic (exact) mass is 273 g/mol. The number of carbonyl (C=O) groups is 1. The zero-order valence-electron chi connectivity index (χ0n) is 9.39. The maximum Gasteiger partial charge on any atom is 0.337 e. The Morgan fingerprint density at radius 2 is 2.11 bits per heavy atom. The summed E-state index contributed by atoms with van der Waals surface area (Å²) in [4.78, 5) is 10.9. The fourth-order valence-electron chi connectivity index (χ4n) is 1.60. The SMILES string of the molecule is O=C(O)c1cccc(F)c1NS(=O)(=O)CC1CC1. The van der Waals surface area contributed by atoms with Gasteiger partial charge in [0.05, 0.1) is 17.0 Å². The summed E-state index contributed by atoms with van der Waals surface area (Å²) < 4.78 is 38.9. The van der Waals surface area contributed by atoms with Gasteiger partial charge < -0.3 is 5.11 Å². The largest absolute Gasteiger partial charge is 0.478 e. The van der Waals surface area contributed by atoms with Gasteiger partial charge in [0, 0.05) is 0 Å². The molecule has 5 nitrogen and oxygen atoms in total. The quantitative estimate of drug-likeness (QED) is 0.854. The average Bonchev–Trinajstić information content (AvgIpc) is 3.03. The molecule has 0 bridgehead atoms. The van der Waals surface area contributed by atoms with Crippen molar-refractivity contribution in [3.05, 3.63) is 29.6 Å². The Bertz CT molecular complexity index is 581. The molecule has 98 valence electrons. The normalized spacial score (nSPS) is 15.4. The van der Waals surface area contributed by atoms with Crippen LogP contribution in [0.25, 0.3) is 0 Å². The topological polar surface area (TPSA) is 83.5 Å². The Labute approximate surface area is 104 Å². The number of aromatic carboxylic acids is 1. The first-order chi connectivity index (χ1) is 8.39. The van der Waals surface area contributed by atoms with Crippen molar-refractivity contribution < 1.29 is 22.7 Å². The van der Waals surface area contributed by atoms with Gasteiger partial charge in [-0.3, -0.25) is 4.72 Å². The number of halogens is 1. The molecule has 0 amide bonds. The summed E-state index contributed by atoms with van der Waals surface area (Å²) in [6, 6.07) is 3.39. The van der Waals surface area contributed by atoms with Crippen molar-refractivity contribution in [2.45, 2.75) is 12.8 Å². The predicted molar refractivity (Wildman–Crippen MR) is 63.5 cm³/mol. The standard InChI is InChI=1S/C11H12FNO4S/c12-9-3-1-2-8(11(14)15)10(9)13-18(16,17)6-7-4-5-7/h1-3,7,13H,4-6H2,(H,14,15). The fourth-order valence-corrected chi connectivity index (χ4v) is 3.15. The Morgan fingerprint density at radius 1 is 1.44 bits per heavy atom. The molecular formula is C11H12FNO4S. The van der Waals surface area contributed by atoms with E-state index in [4.69, 9.17) is 5.11 Å². The summed E-state index contributed by atoms with van der Waals surface area (Å²) in [5.41, 5.74) is -0.889. The van der Waals surface area contributed by atoms with E-state index in [2.05, 4.69) is 0 Å². The number of anilines is 1. The summed E-state index contributed by atoms with van der Waals surface area (Å²) in [5.74, 6) is -2.27. The number of hydrogen-bond donors (Lipinski definition) is 2. The van der Waals surface area contributed by atoms with Crippen molar-refractivity contribution in [3.63, 3.8) is 0 Å². The van der Waals surface area contributed by atoms with Crippen LogP contribution in [-0.4, -0.2) is 25.2 Å². The van der Waals surface area contributed by atoms with Crippen LogP contribution >= 0.6 is 0 Å². The number of benzene rings is 1. The molecule has 2 N–H and O–H groups in total. The van der Waals surface area contributed by atoms with Gasteiger partial charge in [0.25, 0.3) is 0 Å². The molecule has 0 heterocycles. The Kier molecular flexibility index (Phi) is 3.25. The lowest BCUT2D eigenvalue weighted by Gasteiger charge is -2.10. The van der Waals surface area contributed by atoms with Gasteiger partial charge in [-0.05, 0) is 30.9 Å². The lowest BCUT2D eigenvalue weighted by atomic mass is 10.2. The van der Waals surface area contributed by atoms with Crippen LogP contribution in [0.15, 0.2) is 18.2 Å². The first kappa shape index (κ1) is 12.8. The maximum absolute atomic E-state index is 13.5. The van der Waals surface area contributed by atoms with E-state index in [1.807, 2.05) is 4.72 Å². The van der Waals surface area contributed by atoms with Gasteiger partial charge in [0.2, 0.25) is 10.0 Å². The van der Waals surface area contributed by atoms with Crippen molar-refractivity contribution >= 4 is 21.7 Å². The highest BCUT2D eigenvalue weighted by Gasteiger charge is 2.29. The predicted octanol–water partition coefficient (Wildman–Crippen LogP) is 1.68. The third-order valence-corrected chi connectivity index (χ3v) is 4.08. The third-order valence-electron chi connectivity index (χ3n) is 2.65. The first-order valence-electron chi connectivity index (χ1n) is 5.41. The minimum atomic E-state index is -3.70. The minimum Gasteiger partial charge on any atom is -0.478 e. The molecular weight excluding hydrogens is 261 g/mol. The molecule has 0 spiro atoms. The van der Waals surface area contributed by atoms with Crippen molar-refractivity contribution in [3.8, 4) is 0 Å². The molecule has 1 fully saturated rings. The number of para-hydroxylation sites is 1. The lowest BCUT2D eigenvalue weighted by Crippen LogP contribution is -2.20. The summed E-state index contributed by atoms with van der Waals surface area (Å²) in [7, 11) is -3.70. The zero-order valence-corrected chi connectivity index (χ0v) is 10.2. The summed E-state index contributed by atoms with van der Waals surface area (Å²) in [5, 5.41) is 8.88. The Balaban J connectivity index is 2.29. The zero-order chi connectivity index (χ0) is 13.3. The number of hydrogen-bond acceptors (Lipinski definition) is 3. The lowest BCUT2D eigenvalue weighted by molar-refractivity contribution is 0.0697. The van der Waals surface area contributed by atoms with Crippen molar-refractivity contribution in [2.24, 2.45) is 5.92 Å². The third kappa shape index (κ3) is 2.98. The summed E-state index contributed by atoms with van der Waals surface area (Å²) in [6.07, 6.45) is 1.67. The number of carboxylic acid groups (broad SMARTS) is 1. The van der Waals surface area contributed by atoms with Crippen LogP contribution in [0.2, 0.25) is 0 Å². The van der Waals surface area contributed by atoms with E-state index in [-0.39, 0.29) is 11.7 Å². The summed E-state index contributed by atoms with van der Waals surface area (Å²) in [6.45, 7) is 0. The van der Waals surface area contributed by atoms with Crippen molar-refractivity contribution in [2.75, 3.05) is 10.5 Å². The summed E-state index contributed by atoms with van der Waals surface area (Å²) >= 11 is 0. The van der Waals surface area contributed by atoms with Gasteiger partial charge in [-0.2, -0.15) is 0 Å². The average molecular weight is 273 g/mol. The van der Waals surface area contributed by atoms with Gasteiger partial charge in [-0.25, -0.2) is 17.6 Å². The van der Waals surface area contributed by atoms with E-state index in [0.717, 1.165) is 25.0 Å². The molecule has 1 aliphatic carbocycles. The molecule has 2 rings (SSSR count). The number of carboxylic acids is 1. The second-order valence-corrected chi connectivity index (χ2v) is 6.06. The Morgan fingerprint density at radius 3 is 2.67 bits per heavy atom. The van der Waals surface area contributed by atoms with Gasteiger partial charge in [-0.15, -0.1) is 0 Å². The van der Waals surface area contributed by atoms with E-state index in [1.54, 1.807) is 0 Å². The molecule has 1 aromatic rings. The van der Waals surface area contributed by atoms with E-state index in [0.29, 0.717) is 0 Å². The molecule has 1 aliphatic rings. The van der Waals surface area contributed by atoms with Gasteiger partial charge in [0.15, 0.2) is 0 Å². The van der Waals surface area contributed by atoms with E-state index in [1.165, 1.54) is 6.07 Å². The molecule has 1 aromatic carbocycles. The molecule has 0 aromatic heterocycles. The van der Waals surface area contributed by atoms with E-state index in [9.17, 15) is 17.6 Å². The van der Waals surface area contributed by atoms with Crippen LogP contribution < -0.4 is 4.72 Å². The van der Waals surface area contributed by atoms with E-state index < -0.39 is 33.1 Å². The maximum atomic E-state index is 13.5. The number of nitrogens with one attached hydrogen (secondary N) is 1. The van der Waals surface area contributed by atoms with Gasteiger partial charge in [0.1, 0.15) is 5.82 Å². The highest BCUT2D eigenvalue weighted by atomic mass is 32.2. The molecule has 18 heavy (non-hydrogen) atoms. The van der Waals surface area contributed by atoms with Crippen molar-refractivity contribution in [1.29, 1.82) is 0 Å². The van der Waals surface area contributed by atoms with Gasteiger partial charge >= 0.3 is 5.97 Å². The second kappa shape index (κ2) is 4.56. The highest BCUT2D eigenvalue weighted by Crippen LogP contribution is 2.31. The highest BCUT2D eigenvalue weighted by molar-refractivity contribution is 7.92. The minimum absolute atomic E-state index is 0.0968. The van der Waals surface area contributed by atoms with Crippen LogP contribution in [-0.2, 0) is 10.0 Å². The van der Waals surface area contributed by atoms with Gasteiger partial charge in [-0.1, -0.05) is 6.07 Å². The second-order valence-electron chi connectivity index (χ2n) is 4.29. The van der Waals surface area contributed by atoms with Crippen LogP contribution in [0.4, 0.5) is 10.1 Å². The smallest absolute Gasteiger partial charge is 0.337 e. The first-order valence-corrected chi connectivity index (χ1v) is 7.06. The number of sulfonamides is 1. The molecule has 0 radical (unpaired) electrons. The molecule has 1 saturated carbocycles. The molecule has 0 unspecified atom stereocenters. The molecule has 0 atom stereocenters. The van der Waals surface area contributed by atoms with Crippen molar-refractivity contribution in [1.82, 2.24) is 0 Å². The molecule has 0 aliphatic heterocycles. The fraction of sp³-hybridized carbons (Fsp3) is 0.364. The van der Waals surface area contributed by atoms with E-state index >= 15 is 0 Å². The van der Waals surface area contributed by atoms with Crippen LogP contribution in [0.1, 0.15) is 23.2 Å². The molecule has 0 saturated heterocycles. The van der Waals surface area contributed by atoms with Crippen LogP contribution in [0, 0.1) is 11.7 Å².